The Labute approximate surface area is 98.6 Å². The van der Waals surface area contributed by atoms with Gasteiger partial charge in [0.15, 0.2) is 0 Å². The lowest BCUT2D eigenvalue weighted by Gasteiger charge is -2.07. The van der Waals surface area contributed by atoms with E-state index in [1.54, 1.807) is 12.1 Å². The lowest BCUT2D eigenvalue weighted by atomic mass is 10.3. The minimum atomic E-state index is -0.693. The number of hydrogen-bond acceptors (Lipinski definition) is 4. The van der Waals surface area contributed by atoms with Gasteiger partial charge in [-0.05, 0) is 24.3 Å². The molecule has 6 heteroatoms. The van der Waals surface area contributed by atoms with Crippen molar-refractivity contribution >= 4 is 11.8 Å². The number of phenols is 1. The molecule has 92 valence electrons. The summed E-state index contributed by atoms with van der Waals surface area (Å²) in [4.78, 5) is 21.8. The molecule has 1 aromatic rings. The Morgan fingerprint density at radius 2 is 1.88 bits per heavy atom. The smallest absolute Gasteiger partial charge is 0.309 e. The van der Waals surface area contributed by atoms with Crippen molar-refractivity contribution in [2.45, 2.75) is 0 Å². The third-order valence-corrected chi connectivity index (χ3v) is 1.93. The fourth-order valence-corrected chi connectivity index (χ4v) is 1.07. The molecule has 6 nitrogen and oxygen atoms in total. The molecule has 0 heterocycles. The summed E-state index contributed by atoms with van der Waals surface area (Å²) in [7, 11) is 1.38. The van der Waals surface area contributed by atoms with Gasteiger partial charge in [0.2, 0.25) is 0 Å². The van der Waals surface area contributed by atoms with Gasteiger partial charge in [-0.2, -0.15) is 0 Å². The van der Waals surface area contributed by atoms with Crippen LogP contribution < -0.4 is 15.4 Å². The van der Waals surface area contributed by atoms with Crippen molar-refractivity contribution in [1.82, 2.24) is 10.6 Å². The number of carbonyl (C=O) groups excluding carboxylic acids is 2. The molecular formula is C11H14N2O4. The fourth-order valence-electron chi connectivity index (χ4n) is 1.07. The van der Waals surface area contributed by atoms with Crippen LogP contribution in [0.2, 0.25) is 0 Å². The Bertz CT molecular complexity index is 389. The molecule has 0 aliphatic carbocycles. The van der Waals surface area contributed by atoms with E-state index in [-0.39, 0.29) is 18.9 Å². The highest BCUT2D eigenvalue weighted by atomic mass is 16.5. The van der Waals surface area contributed by atoms with Gasteiger partial charge < -0.3 is 20.5 Å². The van der Waals surface area contributed by atoms with E-state index < -0.39 is 11.8 Å². The summed E-state index contributed by atoms with van der Waals surface area (Å²) in [5.74, 6) is -0.640. The van der Waals surface area contributed by atoms with Gasteiger partial charge in [0.05, 0.1) is 6.54 Å². The summed E-state index contributed by atoms with van der Waals surface area (Å²) < 4.78 is 5.27. The monoisotopic (exact) mass is 238 g/mol. The molecule has 0 spiro atoms. The number of nitrogens with one attached hydrogen (secondary N) is 2. The van der Waals surface area contributed by atoms with E-state index in [4.69, 9.17) is 9.84 Å². The third kappa shape index (κ3) is 4.42. The van der Waals surface area contributed by atoms with Crippen LogP contribution >= 0.6 is 0 Å². The summed E-state index contributed by atoms with van der Waals surface area (Å²) in [6.07, 6.45) is 0. The van der Waals surface area contributed by atoms with Gasteiger partial charge in [0, 0.05) is 7.05 Å². The first-order chi connectivity index (χ1) is 8.13. The Kier molecular flexibility index (Phi) is 4.80. The number of rotatable bonds is 4. The van der Waals surface area contributed by atoms with E-state index in [9.17, 15) is 9.59 Å². The maximum Gasteiger partial charge on any atom is 0.309 e. The van der Waals surface area contributed by atoms with E-state index in [1.165, 1.54) is 19.2 Å². The maximum atomic E-state index is 11.0. The van der Waals surface area contributed by atoms with Crippen molar-refractivity contribution in [2.75, 3.05) is 20.2 Å². The average Bonchev–Trinajstić information content (AvgIpc) is 2.35. The van der Waals surface area contributed by atoms with Crippen molar-refractivity contribution in [2.24, 2.45) is 0 Å². The molecule has 1 rings (SSSR count). The van der Waals surface area contributed by atoms with Crippen LogP contribution in [0.15, 0.2) is 24.3 Å². The maximum absolute atomic E-state index is 11.0. The number of amides is 2. The van der Waals surface area contributed by atoms with Crippen LogP contribution in [0.1, 0.15) is 0 Å². The molecule has 17 heavy (non-hydrogen) atoms. The number of ether oxygens (including phenoxy) is 1. The molecule has 1 aromatic carbocycles. The van der Waals surface area contributed by atoms with E-state index in [0.29, 0.717) is 5.75 Å². The first-order valence-corrected chi connectivity index (χ1v) is 5.05. The van der Waals surface area contributed by atoms with Crippen molar-refractivity contribution in [3.8, 4) is 11.5 Å². The van der Waals surface area contributed by atoms with Crippen molar-refractivity contribution in [3.05, 3.63) is 24.3 Å². The minimum absolute atomic E-state index is 0.158. The molecule has 0 unspecified atom stereocenters. The summed E-state index contributed by atoms with van der Waals surface area (Å²) in [5.41, 5.74) is 0. The molecule has 0 saturated heterocycles. The van der Waals surface area contributed by atoms with Crippen LogP contribution in [-0.4, -0.2) is 37.1 Å². The predicted octanol–water partition coefficient (Wildman–Crippen LogP) is -0.367. The first-order valence-electron chi connectivity index (χ1n) is 5.05. The number of aromatic hydroxyl groups is 1. The normalized spacial score (nSPS) is 9.47. The van der Waals surface area contributed by atoms with E-state index >= 15 is 0 Å². The minimum Gasteiger partial charge on any atom is -0.508 e. The molecule has 0 saturated carbocycles. The van der Waals surface area contributed by atoms with Crippen LogP contribution in [0.3, 0.4) is 0 Å². The van der Waals surface area contributed by atoms with Gasteiger partial charge in [-0.25, -0.2) is 0 Å². The second-order valence-corrected chi connectivity index (χ2v) is 3.18. The number of carbonyl (C=O) groups is 2. The molecule has 2 amide bonds. The molecule has 0 bridgehead atoms. The second kappa shape index (κ2) is 6.37. The largest absolute Gasteiger partial charge is 0.508 e. The van der Waals surface area contributed by atoms with Gasteiger partial charge in [0.1, 0.15) is 18.1 Å². The molecular weight excluding hydrogens is 224 g/mol. The summed E-state index contributed by atoms with van der Waals surface area (Å²) in [6, 6.07) is 6.21. The van der Waals surface area contributed by atoms with Gasteiger partial charge in [-0.15, -0.1) is 0 Å². The average molecular weight is 238 g/mol. The third-order valence-electron chi connectivity index (χ3n) is 1.93. The number of likely N-dealkylation sites (N-methyl/N-ethyl adjacent to an activating group) is 1. The quantitative estimate of drug-likeness (QED) is 0.493. The number of benzene rings is 1. The summed E-state index contributed by atoms with van der Waals surface area (Å²) >= 11 is 0. The van der Waals surface area contributed by atoms with Gasteiger partial charge in [0.25, 0.3) is 0 Å². The first kappa shape index (κ1) is 12.8. The molecule has 0 atom stereocenters. The predicted molar refractivity (Wildman–Crippen MR) is 60.7 cm³/mol. The van der Waals surface area contributed by atoms with Gasteiger partial charge in [-0.1, -0.05) is 0 Å². The van der Waals surface area contributed by atoms with Crippen LogP contribution in [0.4, 0.5) is 0 Å². The Balaban J connectivity index is 2.22. The lowest BCUT2D eigenvalue weighted by Crippen LogP contribution is -2.39. The Morgan fingerprint density at radius 3 is 2.47 bits per heavy atom. The van der Waals surface area contributed by atoms with Crippen LogP contribution in [0.5, 0.6) is 11.5 Å². The van der Waals surface area contributed by atoms with Crippen molar-refractivity contribution < 1.29 is 19.4 Å². The molecule has 0 aromatic heterocycles. The fraction of sp³-hybridized carbons (Fsp3) is 0.273. The zero-order valence-electron chi connectivity index (χ0n) is 9.40. The number of hydrogen-bond donors (Lipinski definition) is 3. The van der Waals surface area contributed by atoms with Gasteiger partial charge in [-0.3, -0.25) is 9.59 Å². The zero-order chi connectivity index (χ0) is 12.7. The Morgan fingerprint density at radius 1 is 1.24 bits per heavy atom. The van der Waals surface area contributed by atoms with Crippen molar-refractivity contribution in [3.63, 3.8) is 0 Å². The summed E-state index contributed by atoms with van der Waals surface area (Å²) in [5, 5.41) is 13.6. The SMILES string of the molecule is CNC(=O)C(=O)NCCOc1ccc(O)cc1. The highest BCUT2D eigenvalue weighted by molar-refractivity contribution is 6.34. The second-order valence-electron chi connectivity index (χ2n) is 3.18. The molecule has 0 aliphatic rings. The highest BCUT2D eigenvalue weighted by Gasteiger charge is 2.09. The highest BCUT2D eigenvalue weighted by Crippen LogP contribution is 2.15. The molecule has 0 fully saturated rings. The zero-order valence-corrected chi connectivity index (χ0v) is 9.40. The topological polar surface area (TPSA) is 87.7 Å². The standard InChI is InChI=1S/C11H14N2O4/c1-12-10(15)11(16)13-6-7-17-9-4-2-8(14)3-5-9/h2-5,14H,6-7H2,1H3,(H,12,15)(H,13,16). The lowest BCUT2D eigenvalue weighted by molar-refractivity contribution is -0.138. The van der Waals surface area contributed by atoms with Gasteiger partial charge >= 0.3 is 11.8 Å². The van der Waals surface area contributed by atoms with Crippen molar-refractivity contribution in [1.29, 1.82) is 0 Å². The van der Waals surface area contributed by atoms with Crippen LogP contribution in [-0.2, 0) is 9.59 Å². The summed E-state index contributed by atoms with van der Waals surface area (Å²) in [6.45, 7) is 0.473. The molecule has 0 radical (unpaired) electrons. The van der Waals surface area contributed by atoms with E-state index in [2.05, 4.69) is 10.6 Å². The van der Waals surface area contributed by atoms with E-state index in [1.807, 2.05) is 0 Å². The molecule has 3 N–H and O–H groups in total. The number of phenolic OH excluding ortho intramolecular Hbond substituents is 1. The molecule has 0 aliphatic heterocycles. The Hall–Kier alpha value is -2.24. The van der Waals surface area contributed by atoms with Crippen LogP contribution in [0, 0.1) is 0 Å². The van der Waals surface area contributed by atoms with E-state index in [0.717, 1.165) is 0 Å². The van der Waals surface area contributed by atoms with Crippen LogP contribution in [0.25, 0.3) is 0 Å².